The van der Waals surface area contributed by atoms with Crippen molar-refractivity contribution in [1.82, 2.24) is 9.99 Å². The molecule has 0 radical (unpaired) electrons. The van der Waals surface area contributed by atoms with Gasteiger partial charge in [0, 0.05) is 19.7 Å². The Labute approximate surface area is 117 Å². The Bertz CT molecular complexity index is 594. The van der Waals surface area contributed by atoms with Crippen LogP contribution < -0.4 is 5.73 Å². The third kappa shape index (κ3) is 3.23. The number of rotatable bonds is 3. The maximum atomic E-state index is 5.98. The van der Waals surface area contributed by atoms with E-state index >= 15 is 0 Å². The highest BCUT2D eigenvalue weighted by molar-refractivity contribution is 6.30. The van der Waals surface area contributed by atoms with Crippen LogP contribution in [0.15, 0.2) is 47.6 Å². The summed E-state index contributed by atoms with van der Waals surface area (Å²) in [5, 5.41) is 6.58. The number of aromatic nitrogens is 1. The van der Waals surface area contributed by atoms with E-state index in [-0.39, 0.29) is 0 Å². The predicted octanol–water partition coefficient (Wildman–Crippen LogP) is 2.63. The van der Waals surface area contributed by atoms with Gasteiger partial charge in [0.25, 0.3) is 0 Å². The SMILES string of the molecule is CN(C)/N=C(\c1ccccc1)c1nc(Cl)ccc1N. The predicted molar refractivity (Wildman–Crippen MR) is 79.4 cm³/mol. The minimum Gasteiger partial charge on any atom is -0.397 e. The van der Waals surface area contributed by atoms with Gasteiger partial charge in [-0.15, -0.1) is 0 Å². The van der Waals surface area contributed by atoms with Crippen LogP contribution in [0.3, 0.4) is 0 Å². The zero-order valence-corrected chi connectivity index (χ0v) is 11.6. The summed E-state index contributed by atoms with van der Waals surface area (Å²) in [4.78, 5) is 4.29. The number of pyridine rings is 1. The highest BCUT2D eigenvalue weighted by Crippen LogP contribution is 2.18. The number of nitrogens with zero attached hydrogens (tertiary/aromatic N) is 3. The first-order valence-electron chi connectivity index (χ1n) is 5.81. The molecule has 0 amide bonds. The van der Waals surface area contributed by atoms with Crippen molar-refractivity contribution >= 4 is 23.0 Å². The summed E-state index contributed by atoms with van der Waals surface area (Å²) in [5.41, 5.74) is 8.76. The van der Waals surface area contributed by atoms with Gasteiger partial charge in [-0.05, 0) is 12.1 Å². The van der Waals surface area contributed by atoms with Crippen LogP contribution in [0.5, 0.6) is 0 Å². The Morgan fingerprint density at radius 3 is 2.47 bits per heavy atom. The summed E-state index contributed by atoms with van der Waals surface area (Å²) in [7, 11) is 3.70. The standard InChI is InChI=1S/C14H15ClN4/c1-19(2)18-13(10-6-4-3-5-7-10)14-11(16)8-9-12(15)17-14/h3-9H,16H2,1-2H3/b18-13+. The van der Waals surface area contributed by atoms with Gasteiger partial charge in [0.05, 0.1) is 5.69 Å². The monoisotopic (exact) mass is 274 g/mol. The van der Waals surface area contributed by atoms with Crippen LogP contribution in [0, 0.1) is 0 Å². The Kier molecular flexibility index (Phi) is 4.02. The Morgan fingerprint density at radius 2 is 1.84 bits per heavy atom. The zero-order chi connectivity index (χ0) is 13.8. The van der Waals surface area contributed by atoms with Crippen molar-refractivity contribution in [3.8, 4) is 0 Å². The molecule has 0 fully saturated rings. The Balaban J connectivity index is 2.59. The Hall–Kier alpha value is -2.07. The molecule has 5 heteroatoms. The van der Waals surface area contributed by atoms with Crippen LogP contribution in [0.1, 0.15) is 11.3 Å². The molecule has 4 nitrogen and oxygen atoms in total. The second-order valence-corrected chi connectivity index (χ2v) is 4.62. The summed E-state index contributed by atoms with van der Waals surface area (Å²) in [6.07, 6.45) is 0. The quantitative estimate of drug-likeness (QED) is 0.532. The maximum Gasteiger partial charge on any atom is 0.130 e. The lowest BCUT2D eigenvalue weighted by Gasteiger charge is -2.12. The summed E-state index contributed by atoms with van der Waals surface area (Å²) in [6.45, 7) is 0. The van der Waals surface area contributed by atoms with Gasteiger partial charge in [0.1, 0.15) is 16.6 Å². The van der Waals surface area contributed by atoms with Gasteiger partial charge >= 0.3 is 0 Å². The number of hydrogen-bond acceptors (Lipinski definition) is 4. The van der Waals surface area contributed by atoms with Crippen molar-refractivity contribution in [2.45, 2.75) is 0 Å². The van der Waals surface area contributed by atoms with E-state index in [1.807, 2.05) is 44.4 Å². The number of benzene rings is 1. The highest BCUT2D eigenvalue weighted by Gasteiger charge is 2.13. The lowest BCUT2D eigenvalue weighted by Crippen LogP contribution is -2.14. The van der Waals surface area contributed by atoms with E-state index in [0.717, 1.165) is 5.56 Å². The molecule has 1 aromatic heterocycles. The number of hydrazone groups is 1. The molecule has 1 aromatic carbocycles. The molecule has 0 bridgehead atoms. The molecule has 2 rings (SSSR count). The van der Waals surface area contributed by atoms with Crippen molar-refractivity contribution in [3.63, 3.8) is 0 Å². The normalized spacial score (nSPS) is 11.4. The van der Waals surface area contributed by atoms with E-state index < -0.39 is 0 Å². The van der Waals surface area contributed by atoms with Crippen LogP contribution in [0.4, 0.5) is 5.69 Å². The van der Waals surface area contributed by atoms with E-state index in [9.17, 15) is 0 Å². The number of nitrogens with two attached hydrogens (primary N) is 1. The molecule has 0 spiro atoms. The molecule has 98 valence electrons. The second kappa shape index (κ2) is 5.71. The van der Waals surface area contributed by atoms with Crippen molar-refractivity contribution in [2.24, 2.45) is 5.10 Å². The fourth-order valence-electron chi connectivity index (χ4n) is 1.67. The molecule has 19 heavy (non-hydrogen) atoms. The zero-order valence-electron chi connectivity index (χ0n) is 10.8. The molecule has 0 unspecified atom stereocenters. The average molecular weight is 275 g/mol. The van der Waals surface area contributed by atoms with Crippen LogP contribution in [0.2, 0.25) is 5.15 Å². The van der Waals surface area contributed by atoms with E-state index in [1.165, 1.54) is 0 Å². The minimum absolute atomic E-state index is 0.395. The van der Waals surface area contributed by atoms with Gasteiger partial charge in [-0.1, -0.05) is 41.9 Å². The van der Waals surface area contributed by atoms with Crippen molar-refractivity contribution < 1.29 is 0 Å². The first-order chi connectivity index (χ1) is 9.08. The minimum atomic E-state index is 0.395. The number of anilines is 1. The molecule has 0 saturated heterocycles. The molecule has 2 N–H and O–H groups in total. The fraction of sp³-hybridized carbons (Fsp3) is 0.143. The van der Waals surface area contributed by atoms with E-state index in [1.54, 1.807) is 17.1 Å². The molecular weight excluding hydrogens is 260 g/mol. The van der Waals surface area contributed by atoms with E-state index in [2.05, 4.69) is 10.1 Å². The van der Waals surface area contributed by atoms with Gasteiger partial charge in [-0.3, -0.25) is 0 Å². The number of halogens is 1. The smallest absolute Gasteiger partial charge is 0.130 e. The van der Waals surface area contributed by atoms with Gasteiger partial charge < -0.3 is 10.7 Å². The number of hydrogen-bond donors (Lipinski definition) is 1. The first-order valence-corrected chi connectivity index (χ1v) is 6.19. The molecule has 1 heterocycles. The van der Waals surface area contributed by atoms with Crippen molar-refractivity contribution in [1.29, 1.82) is 0 Å². The van der Waals surface area contributed by atoms with E-state index in [4.69, 9.17) is 17.3 Å². The van der Waals surface area contributed by atoms with Crippen molar-refractivity contribution in [3.05, 3.63) is 58.9 Å². The summed E-state index contributed by atoms with van der Waals surface area (Å²) < 4.78 is 0. The third-order valence-electron chi connectivity index (χ3n) is 2.46. The lowest BCUT2D eigenvalue weighted by molar-refractivity contribution is 0.438. The fourth-order valence-corrected chi connectivity index (χ4v) is 1.82. The van der Waals surface area contributed by atoms with Gasteiger partial charge in [-0.2, -0.15) is 5.10 Å². The van der Waals surface area contributed by atoms with E-state index in [0.29, 0.717) is 22.2 Å². The third-order valence-corrected chi connectivity index (χ3v) is 2.67. The summed E-state index contributed by atoms with van der Waals surface area (Å²) >= 11 is 5.95. The average Bonchev–Trinajstić information content (AvgIpc) is 2.40. The molecule has 2 aromatic rings. The lowest BCUT2D eigenvalue weighted by atomic mass is 10.1. The van der Waals surface area contributed by atoms with Crippen LogP contribution in [-0.2, 0) is 0 Å². The molecule has 0 aliphatic rings. The first kappa shape index (κ1) is 13.4. The van der Waals surface area contributed by atoms with Crippen molar-refractivity contribution in [2.75, 3.05) is 19.8 Å². The van der Waals surface area contributed by atoms with Gasteiger partial charge in [-0.25, -0.2) is 4.98 Å². The maximum absolute atomic E-state index is 5.98. The summed E-state index contributed by atoms with van der Waals surface area (Å²) in [5.74, 6) is 0. The van der Waals surface area contributed by atoms with Crippen LogP contribution in [-0.4, -0.2) is 29.8 Å². The number of nitrogen functional groups attached to an aromatic ring is 1. The molecular formula is C14H15ClN4. The highest BCUT2D eigenvalue weighted by atomic mass is 35.5. The van der Waals surface area contributed by atoms with Gasteiger partial charge in [0.15, 0.2) is 0 Å². The molecule has 0 aliphatic heterocycles. The van der Waals surface area contributed by atoms with Gasteiger partial charge in [0.2, 0.25) is 0 Å². The molecule has 0 saturated carbocycles. The summed E-state index contributed by atoms with van der Waals surface area (Å²) in [6, 6.07) is 13.2. The topological polar surface area (TPSA) is 54.5 Å². The van der Waals surface area contributed by atoms with Crippen LogP contribution >= 0.6 is 11.6 Å². The van der Waals surface area contributed by atoms with Crippen LogP contribution in [0.25, 0.3) is 0 Å². The largest absolute Gasteiger partial charge is 0.397 e. The Morgan fingerprint density at radius 1 is 1.16 bits per heavy atom. The molecule has 0 atom stereocenters. The second-order valence-electron chi connectivity index (χ2n) is 4.23. The molecule has 0 aliphatic carbocycles.